The summed E-state index contributed by atoms with van der Waals surface area (Å²) in [7, 11) is -3.59. The summed E-state index contributed by atoms with van der Waals surface area (Å²) in [4.78, 5) is 4.49. The van der Waals surface area contributed by atoms with Crippen molar-refractivity contribution in [3.05, 3.63) is 59.5 Å². The second kappa shape index (κ2) is 5.55. The Morgan fingerprint density at radius 3 is 2.59 bits per heavy atom. The van der Waals surface area contributed by atoms with Crippen LogP contribution in [-0.2, 0) is 16.6 Å². The third-order valence-electron chi connectivity index (χ3n) is 3.54. The lowest BCUT2D eigenvalue weighted by Gasteiger charge is -2.07. The van der Waals surface area contributed by atoms with Gasteiger partial charge in [-0.05, 0) is 49.2 Å². The monoisotopic (exact) mass is 316 g/mol. The Labute approximate surface area is 129 Å². The fourth-order valence-electron chi connectivity index (χ4n) is 2.12. The van der Waals surface area contributed by atoms with Gasteiger partial charge in [-0.2, -0.15) is 0 Å². The highest BCUT2D eigenvalue weighted by atomic mass is 32.2. The minimum absolute atomic E-state index is 0.0178. The number of aryl methyl sites for hydroxylation is 2. The molecule has 0 unspecified atom stereocenters. The molecule has 0 amide bonds. The molecule has 2 aromatic carbocycles. The summed E-state index contributed by atoms with van der Waals surface area (Å²) in [5, 5.41) is 0. The van der Waals surface area contributed by atoms with Crippen LogP contribution in [0.3, 0.4) is 0 Å². The number of hydrogen-bond donors (Lipinski definition) is 1. The van der Waals surface area contributed by atoms with Crippen LogP contribution in [0.4, 0.5) is 0 Å². The van der Waals surface area contributed by atoms with E-state index in [0.29, 0.717) is 17.0 Å². The number of nitrogens with one attached hydrogen (secondary N) is 1. The van der Waals surface area contributed by atoms with E-state index in [1.54, 1.807) is 24.3 Å². The Balaban J connectivity index is 1.80. The maximum Gasteiger partial charge on any atom is 0.241 e. The van der Waals surface area contributed by atoms with Crippen molar-refractivity contribution >= 4 is 21.1 Å². The van der Waals surface area contributed by atoms with Crippen LogP contribution in [-0.4, -0.2) is 13.4 Å². The second-order valence-corrected chi connectivity index (χ2v) is 6.91. The number of nitrogens with zero attached hydrogens (tertiary/aromatic N) is 1. The van der Waals surface area contributed by atoms with Gasteiger partial charge in [0.1, 0.15) is 5.52 Å². The molecule has 114 valence electrons. The van der Waals surface area contributed by atoms with Crippen LogP contribution < -0.4 is 4.72 Å². The van der Waals surface area contributed by atoms with Crippen LogP contribution >= 0.6 is 0 Å². The van der Waals surface area contributed by atoms with E-state index in [9.17, 15) is 8.42 Å². The maximum atomic E-state index is 12.3. The summed E-state index contributed by atoms with van der Waals surface area (Å²) in [6.45, 7) is 3.84. The summed E-state index contributed by atoms with van der Waals surface area (Å²) in [5.41, 5.74) is 3.34. The quantitative estimate of drug-likeness (QED) is 0.803. The molecule has 1 aromatic heterocycles. The standard InChI is InChI=1S/C16H16N2O3S/c1-11-7-8-13(9-12(11)2)22(19,20)17-10-16-18-14-5-3-4-6-15(14)21-16/h3-9,17H,10H2,1-2H3. The zero-order valence-corrected chi connectivity index (χ0v) is 13.1. The summed E-state index contributed by atoms with van der Waals surface area (Å²) in [6.07, 6.45) is 0. The van der Waals surface area contributed by atoms with Crippen molar-refractivity contribution < 1.29 is 12.8 Å². The van der Waals surface area contributed by atoms with Crippen molar-refractivity contribution in [1.29, 1.82) is 0 Å². The Morgan fingerprint density at radius 1 is 1.09 bits per heavy atom. The number of aromatic nitrogens is 1. The van der Waals surface area contributed by atoms with Crippen LogP contribution in [0.2, 0.25) is 0 Å². The smallest absolute Gasteiger partial charge is 0.241 e. The molecule has 3 rings (SSSR count). The fraction of sp³-hybridized carbons (Fsp3) is 0.188. The van der Waals surface area contributed by atoms with Crippen LogP contribution in [0, 0.1) is 13.8 Å². The average molecular weight is 316 g/mol. The van der Waals surface area contributed by atoms with Gasteiger partial charge < -0.3 is 4.42 Å². The predicted octanol–water partition coefficient (Wildman–Crippen LogP) is 2.92. The number of sulfonamides is 1. The van der Waals surface area contributed by atoms with E-state index in [0.717, 1.165) is 11.1 Å². The zero-order chi connectivity index (χ0) is 15.7. The zero-order valence-electron chi connectivity index (χ0n) is 12.3. The maximum absolute atomic E-state index is 12.3. The van der Waals surface area contributed by atoms with Crippen molar-refractivity contribution in [3.63, 3.8) is 0 Å². The molecule has 0 bridgehead atoms. The molecule has 5 nitrogen and oxygen atoms in total. The largest absolute Gasteiger partial charge is 0.439 e. The van der Waals surface area contributed by atoms with Crippen molar-refractivity contribution in [2.45, 2.75) is 25.3 Å². The third-order valence-corrected chi connectivity index (χ3v) is 4.94. The molecule has 0 saturated heterocycles. The molecular weight excluding hydrogens is 300 g/mol. The van der Waals surface area contributed by atoms with Gasteiger partial charge in [-0.25, -0.2) is 18.1 Å². The number of fused-ring (bicyclic) bond motifs is 1. The van der Waals surface area contributed by atoms with Gasteiger partial charge in [0.25, 0.3) is 0 Å². The van der Waals surface area contributed by atoms with Crippen LogP contribution in [0.5, 0.6) is 0 Å². The molecule has 22 heavy (non-hydrogen) atoms. The average Bonchev–Trinajstić information content (AvgIpc) is 2.91. The normalized spacial score (nSPS) is 11.9. The second-order valence-electron chi connectivity index (χ2n) is 5.15. The lowest BCUT2D eigenvalue weighted by Crippen LogP contribution is -2.23. The van der Waals surface area contributed by atoms with E-state index in [2.05, 4.69) is 9.71 Å². The van der Waals surface area contributed by atoms with Crippen molar-refractivity contribution in [3.8, 4) is 0 Å². The molecule has 0 fully saturated rings. The molecule has 0 atom stereocenters. The number of para-hydroxylation sites is 2. The SMILES string of the molecule is Cc1ccc(S(=O)(=O)NCc2nc3ccccc3o2)cc1C. The molecule has 0 aliphatic heterocycles. The Morgan fingerprint density at radius 2 is 1.86 bits per heavy atom. The van der Waals surface area contributed by atoms with E-state index in [1.165, 1.54) is 0 Å². The van der Waals surface area contributed by atoms with Crippen LogP contribution in [0.15, 0.2) is 51.8 Å². The Hall–Kier alpha value is -2.18. The highest BCUT2D eigenvalue weighted by molar-refractivity contribution is 7.89. The van der Waals surface area contributed by atoms with Gasteiger partial charge in [-0.3, -0.25) is 0 Å². The topological polar surface area (TPSA) is 72.2 Å². The first-order valence-electron chi connectivity index (χ1n) is 6.87. The van der Waals surface area contributed by atoms with Gasteiger partial charge in [-0.1, -0.05) is 18.2 Å². The number of hydrogen-bond acceptors (Lipinski definition) is 4. The first kappa shape index (κ1) is 14.7. The van der Waals surface area contributed by atoms with Crippen LogP contribution in [0.1, 0.15) is 17.0 Å². The van der Waals surface area contributed by atoms with Gasteiger partial charge >= 0.3 is 0 Å². The molecule has 0 aliphatic rings. The van der Waals surface area contributed by atoms with E-state index in [4.69, 9.17) is 4.42 Å². The van der Waals surface area contributed by atoms with Gasteiger partial charge in [0.15, 0.2) is 5.58 Å². The van der Waals surface area contributed by atoms with E-state index in [1.807, 2.05) is 32.0 Å². The van der Waals surface area contributed by atoms with Crippen molar-refractivity contribution in [1.82, 2.24) is 9.71 Å². The number of oxazole rings is 1. The molecule has 0 aliphatic carbocycles. The Kier molecular flexibility index (Phi) is 3.72. The number of benzene rings is 2. The highest BCUT2D eigenvalue weighted by Gasteiger charge is 2.16. The lowest BCUT2D eigenvalue weighted by molar-refractivity contribution is 0.513. The minimum Gasteiger partial charge on any atom is -0.439 e. The van der Waals surface area contributed by atoms with Crippen LogP contribution in [0.25, 0.3) is 11.1 Å². The molecule has 1 heterocycles. The molecule has 1 N–H and O–H groups in total. The highest BCUT2D eigenvalue weighted by Crippen LogP contribution is 2.17. The molecule has 0 saturated carbocycles. The summed E-state index contributed by atoms with van der Waals surface area (Å²) in [6, 6.07) is 12.4. The molecule has 0 radical (unpaired) electrons. The first-order chi connectivity index (χ1) is 10.5. The lowest BCUT2D eigenvalue weighted by atomic mass is 10.1. The van der Waals surface area contributed by atoms with Crippen molar-refractivity contribution in [2.75, 3.05) is 0 Å². The number of rotatable bonds is 4. The minimum atomic E-state index is -3.59. The molecule has 0 spiro atoms. The van der Waals surface area contributed by atoms with E-state index in [-0.39, 0.29) is 11.4 Å². The molecular formula is C16H16N2O3S. The van der Waals surface area contributed by atoms with Gasteiger partial charge in [0, 0.05) is 0 Å². The molecule has 6 heteroatoms. The van der Waals surface area contributed by atoms with Gasteiger partial charge in [-0.15, -0.1) is 0 Å². The van der Waals surface area contributed by atoms with E-state index >= 15 is 0 Å². The first-order valence-corrected chi connectivity index (χ1v) is 8.35. The van der Waals surface area contributed by atoms with Gasteiger partial charge in [0.2, 0.25) is 15.9 Å². The predicted molar refractivity (Wildman–Crippen MR) is 84.0 cm³/mol. The fourth-order valence-corrected chi connectivity index (χ4v) is 3.18. The van der Waals surface area contributed by atoms with Gasteiger partial charge in [0.05, 0.1) is 11.4 Å². The molecule has 3 aromatic rings. The summed E-state index contributed by atoms with van der Waals surface area (Å²) < 4.78 is 32.6. The van der Waals surface area contributed by atoms with E-state index < -0.39 is 10.0 Å². The Bertz CT molecular complexity index is 896. The van der Waals surface area contributed by atoms with Crippen molar-refractivity contribution in [2.24, 2.45) is 0 Å². The third kappa shape index (κ3) is 2.88. The summed E-state index contributed by atoms with van der Waals surface area (Å²) >= 11 is 0. The summed E-state index contributed by atoms with van der Waals surface area (Å²) in [5.74, 6) is 0.341.